The maximum atomic E-state index is 8.69. The fourth-order valence-corrected chi connectivity index (χ4v) is 2.83. The average molecular weight is 342 g/mol. The first-order valence-electron chi connectivity index (χ1n) is 8.67. The van der Waals surface area contributed by atoms with Gasteiger partial charge in [-0.1, -0.05) is 16.7 Å². The third kappa shape index (κ3) is 6.33. The Morgan fingerprint density at radius 2 is 1.12 bits per heavy atom. The van der Waals surface area contributed by atoms with Gasteiger partial charge >= 0.3 is 0 Å². The molecule has 0 aromatic carbocycles. The van der Waals surface area contributed by atoms with Crippen LogP contribution in [0.3, 0.4) is 0 Å². The molecule has 0 atom stereocenters. The summed E-state index contributed by atoms with van der Waals surface area (Å²) < 4.78 is 4.19. The number of hydrogen-bond donors (Lipinski definition) is 2. The zero-order valence-corrected chi connectivity index (χ0v) is 14.4. The number of pyridine rings is 2. The van der Waals surface area contributed by atoms with Crippen LogP contribution >= 0.6 is 0 Å². The molecule has 2 heterocycles. The second-order valence-corrected chi connectivity index (χ2v) is 5.89. The van der Waals surface area contributed by atoms with E-state index in [4.69, 9.17) is 10.4 Å². The molecule has 2 rings (SSSR count). The summed E-state index contributed by atoms with van der Waals surface area (Å²) in [6.45, 7) is 1.85. The van der Waals surface area contributed by atoms with Gasteiger partial charge in [0.15, 0.2) is 12.4 Å². The van der Waals surface area contributed by atoms with Gasteiger partial charge in [0.25, 0.3) is 0 Å². The number of hydrogen-bond acceptors (Lipinski definition) is 4. The van der Waals surface area contributed by atoms with Gasteiger partial charge in [-0.25, -0.2) is 0 Å². The molecule has 0 radical (unpaired) electrons. The van der Waals surface area contributed by atoms with E-state index in [1.165, 1.54) is 31.7 Å². The first-order chi connectivity index (χ1) is 12.3. The van der Waals surface area contributed by atoms with Crippen LogP contribution in [-0.4, -0.2) is 22.8 Å². The minimum atomic E-state index is 0.906. The van der Waals surface area contributed by atoms with Crippen molar-refractivity contribution in [3.05, 3.63) is 60.2 Å². The lowest BCUT2D eigenvalue weighted by atomic mass is 10.1. The van der Waals surface area contributed by atoms with Gasteiger partial charge in [-0.15, -0.1) is 0 Å². The summed E-state index contributed by atoms with van der Waals surface area (Å²) >= 11 is 0. The summed E-state index contributed by atoms with van der Waals surface area (Å²) in [6.07, 6.45) is 12.7. The predicted octanol–water partition coefficient (Wildman–Crippen LogP) is 2.53. The number of unbranched alkanes of at least 4 members (excludes halogenated alkanes) is 4. The molecule has 0 aliphatic heterocycles. The van der Waals surface area contributed by atoms with E-state index in [0.717, 1.165) is 37.3 Å². The average Bonchev–Trinajstić information content (AvgIpc) is 2.64. The molecule has 2 N–H and O–H groups in total. The van der Waals surface area contributed by atoms with Crippen LogP contribution < -0.4 is 9.13 Å². The van der Waals surface area contributed by atoms with Crippen molar-refractivity contribution >= 4 is 12.4 Å². The van der Waals surface area contributed by atoms with E-state index in [2.05, 4.69) is 19.4 Å². The van der Waals surface area contributed by atoms with Crippen LogP contribution in [0.1, 0.15) is 43.5 Å². The Bertz CT molecular complexity index is 642. The van der Waals surface area contributed by atoms with Crippen molar-refractivity contribution in [1.29, 1.82) is 0 Å². The summed E-state index contributed by atoms with van der Waals surface area (Å²) in [5.74, 6) is 0. The van der Waals surface area contributed by atoms with Crippen molar-refractivity contribution in [3.63, 3.8) is 0 Å². The highest BCUT2D eigenvalue weighted by Crippen LogP contribution is 2.04. The molecule has 6 nitrogen and oxygen atoms in total. The molecule has 0 unspecified atom stereocenters. The van der Waals surface area contributed by atoms with Gasteiger partial charge in [0.2, 0.25) is 11.4 Å². The second-order valence-electron chi connectivity index (χ2n) is 5.89. The molecular formula is C19H26N4O2+2. The topological polar surface area (TPSA) is 72.9 Å². The van der Waals surface area contributed by atoms with E-state index < -0.39 is 0 Å². The summed E-state index contributed by atoms with van der Waals surface area (Å²) in [5.41, 5.74) is 1.81. The van der Waals surface area contributed by atoms with Crippen LogP contribution in [0.4, 0.5) is 0 Å². The number of aryl methyl sites for hydroxylation is 2. The van der Waals surface area contributed by atoms with E-state index >= 15 is 0 Å². The maximum Gasteiger partial charge on any atom is 0.227 e. The molecule has 0 aliphatic rings. The summed E-state index contributed by atoms with van der Waals surface area (Å²) in [5, 5.41) is 23.6. The van der Waals surface area contributed by atoms with E-state index in [-0.39, 0.29) is 0 Å². The first-order valence-corrected chi connectivity index (χ1v) is 8.67. The molecule has 0 bridgehead atoms. The Balaban J connectivity index is 1.66. The summed E-state index contributed by atoms with van der Waals surface area (Å²) in [7, 11) is 0. The summed E-state index contributed by atoms with van der Waals surface area (Å²) in [4.78, 5) is 0. The molecule has 25 heavy (non-hydrogen) atoms. The lowest BCUT2D eigenvalue weighted by Gasteiger charge is -2.02. The Hall–Kier alpha value is -2.76. The largest absolute Gasteiger partial charge is 0.411 e. The van der Waals surface area contributed by atoms with E-state index in [9.17, 15) is 0 Å². The van der Waals surface area contributed by atoms with Gasteiger partial charge in [-0.05, 0) is 25.0 Å². The van der Waals surface area contributed by atoms with Crippen LogP contribution in [0, 0.1) is 0 Å². The normalized spacial score (nSPS) is 11.5. The number of aromatic nitrogens is 2. The zero-order valence-electron chi connectivity index (χ0n) is 14.4. The predicted molar refractivity (Wildman–Crippen MR) is 95.1 cm³/mol. The van der Waals surface area contributed by atoms with Crippen molar-refractivity contribution < 1.29 is 19.5 Å². The second kappa shape index (κ2) is 10.9. The quantitative estimate of drug-likeness (QED) is 0.229. The van der Waals surface area contributed by atoms with Gasteiger partial charge in [0.1, 0.15) is 25.5 Å². The third-order valence-electron chi connectivity index (χ3n) is 4.13. The Morgan fingerprint density at radius 1 is 0.680 bits per heavy atom. The van der Waals surface area contributed by atoms with Crippen molar-refractivity contribution in [2.45, 2.75) is 45.2 Å². The fourth-order valence-electron chi connectivity index (χ4n) is 2.83. The highest BCUT2D eigenvalue weighted by atomic mass is 16.4. The highest BCUT2D eigenvalue weighted by Gasteiger charge is 2.08. The van der Waals surface area contributed by atoms with Crippen LogP contribution in [0.5, 0.6) is 0 Å². The minimum absolute atomic E-state index is 0.906. The molecule has 0 amide bonds. The smallest absolute Gasteiger partial charge is 0.227 e. The molecule has 132 valence electrons. The minimum Gasteiger partial charge on any atom is -0.411 e. The molecule has 2 aromatic heterocycles. The number of nitrogens with zero attached hydrogens (tertiary/aromatic N) is 4. The Morgan fingerprint density at radius 3 is 1.56 bits per heavy atom. The van der Waals surface area contributed by atoms with E-state index in [1.807, 2.05) is 48.8 Å². The standard InChI is InChI=1S/C19H24N4O2/c24-20-16-18-10-4-8-14-22(18)12-6-2-1-3-7-13-23-15-9-5-11-19(23)17-21-25/h4-5,8-11,14-17H,1-3,6-7,12-13H2/p+2. The van der Waals surface area contributed by atoms with Crippen molar-refractivity contribution in [3.8, 4) is 0 Å². The molecule has 0 saturated carbocycles. The van der Waals surface area contributed by atoms with Gasteiger partial charge < -0.3 is 10.4 Å². The first kappa shape index (κ1) is 18.6. The third-order valence-corrected chi connectivity index (χ3v) is 4.13. The van der Waals surface area contributed by atoms with E-state index in [0.29, 0.717) is 0 Å². The molecule has 2 aromatic rings. The van der Waals surface area contributed by atoms with Gasteiger partial charge in [-0.2, -0.15) is 9.13 Å². The maximum absolute atomic E-state index is 8.69. The fraction of sp³-hybridized carbons (Fsp3) is 0.368. The van der Waals surface area contributed by atoms with Crippen LogP contribution in [0.15, 0.2) is 59.1 Å². The SMILES string of the molecule is O/N=C/c1cccc[n+]1CCCCCCC[n+]1ccccc1/C=N/O. The highest BCUT2D eigenvalue weighted by molar-refractivity contribution is 5.74. The molecule has 0 aliphatic carbocycles. The molecule has 6 heteroatoms. The van der Waals surface area contributed by atoms with Crippen molar-refractivity contribution in [2.75, 3.05) is 0 Å². The van der Waals surface area contributed by atoms with Gasteiger partial charge in [0, 0.05) is 37.1 Å². The molecule has 0 spiro atoms. The van der Waals surface area contributed by atoms with Gasteiger partial charge in [-0.3, -0.25) is 0 Å². The Labute approximate surface area is 148 Å². The van der Waals surface area contributed by atoms with Crippen molar-refractivity contribution in [1.82, 2.24) is 0 Å². The van der Waals surface area contributed by atoms with Crippen LogP contribution in [-0.2, 0) is 13.1 Å². The molecule has 0 saturated heterocycles. The lowest BCUT2D eigenvalue weighted by Crippen LogP contribution is -2.38. The lowest BCUT2D eigenvalue weighted by molar-refractivity contribution is -0.698. The molecular weight excluding hydrogens is 316 g/mol. The van der Waals surface area contributed by atoms with Crippen LogP contribution in [0.2, 0.25) is 0 Å². The molecule has 0 fully saturated rings. The Kier molecular flexibility index (Phi) is 8.11. The van der Waals surface area contributed by atoms with Gasteiger partial charge in [0.05, 0.1) is 0 Å². The number of oxime groups is 2. The van der Waals surface area contributed by atoms with E-state index in [1.54, 1.807) is 0 Å². The number of rotatable bonds is 10. The monoisotopic (exact) mass is 342 g/mol. The summed E-state index contributed by atoms with van der Waals surface area (Å²) in [6, 6.07) is 11.7. The zero-order chi connectivity index (χ0) is 17.7. The van der Waals surface area contributed by atoms with Crippen molar-refractivity contribution in [2.24, 2.45) is 10.3 Å². The van der Waals surface area contributed by atoms with Crippen LogP contribution in [0.25, 0.3) is 0 Å².